The molecular weight excluding hydrogens is 422 g/mol. The van der Waals surface area contributed by atoms with Crippen molar-refractivity contribution in [1.82, 2.24) is 14.8 Å². The number of piperazine rings is 1. The molecule has 1 fully saturated rings. The monoisotopic (exact) mass is 449 g/mol. The van der Waals surface area contributed by atoms with E-state index in [2.05, 4.69) is 21.3 Å². The van der Waals surface area contributed by atoms with Crippen molar-refractivity contribution < 1.29 is 14.0 Å². The van der Waals surface area contributed by atoms with E-state index in [1.54, 1.807) is 17.6 Å². The molecule has 0 saturated carbocycles. The van der Waals surface area contributed by atoms with Crippen LogP contribution in [0.5, 0.6) is 0 Å². The minimum atomic E-state index is 0.0718. The van der Waals surface area contributed by atoms with Crippen LogP contribution < -0.4 is 0 Å². The van der Waals surface area contributed by atoms with E-state index in [4.69, 9.17) is 4.42 Å². The Balaban J connectivity index is 1.07. The maximum absolute atomic E-state index is 12.7. The number of fused-ring (bicyclic) bond motifs is 1. The van der Waals surface area contributed by atoms with Crippen molar-refractivity contribution in [3.8, 4) is 10.8 Å². The number of aryl methyl sites for hydroxylation is 2. The average molecular weight is 450 g/mol. The number of carbonyl (C=O) groups is 2. The maximum atomic E-state index is 12.7. The van der Waals surface area contributed by atoms with Crippen molar-refractivity contribution >= 4 is 23.0 Å². The molecule has 1 amide bonds. The Bertz CT molecular complexity index is 1100. The summed E-state index contributed by atoms with van der Waals surface area (Å²) in [4.78, 5) is 34.1. The van der Waals surface area contributed by atoms with Gasteiger partial charge in [-0.1, -0.05) is 12.1 Å². The largest absolute Gasteiger partial charge is 0.462 e. The van der Waals surface area contributed by atoms with Gasteiger partial charge in [0.15, 0.2) is 16.6 Å². The number of nitrogens with zero attached hydrogens (tertiary/aromatic N) is 3. The molecule has 1 aliphatic carbocycles. The number of aromatic nitrogens is 1. The number of furan rings is 1. The topological polar surface area (TPSA) is 66.7 Å². The molecule has 3 heterocycles. The predicted octanol–water partition coefficient (Wildman–Crippen LogP) is 4.20. The fourth-order valence-electron chi connectivity index (χ4n) is 4.55. The fraction of sp³-hybridized carbons (Fsp3) is 0.400. The van der Waals surface area contributed by atoms with Gasteiger partial charge in [0.2, 0.25) is 5.91 Å². The van der Waals surface area contributed by atoms with Gasteiger partial charge >= 0.3 is 0 Å². The van der Waals surface area contributed by atoms with Crippen molar-refractivity contribution in [1.29, 1.82) is 0 Å². The number of ketones is 1. The molecule has 32 heavy (non-hydrogen) atoms. The third-order valence-corrected chi connectivity index (χ3v) is 7.29. The second-order valence-corrected chi connectivity index (χ2v) is 9.40. The Morgan fingerprint density at radius 1 is 1.03 bits per heavy atom. The van der Waals surface area contributed by atoms with Gasteiger partial charge in [0.25, 0.3) is 0 Å². The van der Waals surface area contributed by atoms with Crippen LogP contribution in [-0.4, -0.2) is 52.7 Å². The molecular formula is C25H27N3O3S. The Hall–Kier alpha value is -2.77. The summed E-state index contributed by atoms with van der Waals surface area (Å²) in [7, 11) is 0. The van der Waals surface area contributed by atoms with E-state index in [-0.39, 0.29) is 24.5 Å². The summed E-state index contributed by atoms with van der Waals surface area (Å²) >= 11 is 1.59. The van der Waals surface area contributed by atoms with Crippen molar-refractivity contribution in [2.24, 2.45) is 0 Å². The molecule has 0 atom stereocenters. The first-order chi connectivity index (χ1) is 15.7. The van der Waals surface area contributed by atoms with Crippen LogP contribution in [0.25, 0.3) is 10.8 Å². The second-order valence-electron chi connectivity index (χ2n) is 8.54. The molecule has 0 spiro atoms. The third kappa shape index (κ3) is 4.69. The molecule has 2 aliphatic rings. The molecule has 0 N–H and O–H groups in total. The lowest BCUT2D eigenvalue weighted by molar-refractivity contribution is -0.133. The maximum Gasteiger partial charge on any atom is 0.223 e. The Morgan fingerprint density at radius 3 is 2.69 bits per heavy atom. The minimum Gasteiger partial charge on any atom is -0.462 e. The van der Waals surface area contributed by atoms with E-state index in [1.165, 1.54) is 17.5 Å². The number of rotatable bonds is 7. The summed E-state index contributed by atoms with van der Waals surface area (Å²) in [6, 6.07) is 9.82. The molecule has 1 saturated heterocycles. The summed E-state index contributed by atoms with van der Waals surface area (Å²) < 4.78 is 5.42. The highest BCUT2D eigenvalue weighted by Gasteiger charge is 2.23. The van der Waals surface area contributed by atoms with Gasteiger partial charge in [0.05, 0.1) is 12.0 Å². The molecule has 166 valence electrons. The standard InChI is InChI=1S/C25H27N3O3S/c29-22(20-7-6-18-3-1-4-19(18)15-20)8-9-24(30)28-12-10-27(11-13-28)16-21-17-32-25(26-21)23-5-2-14-31-23/h2,5-7,14-15,17H,1,3-4,8-13,16H2. The van der Waals surface area contributed by atoms with Gasteiger partial charge < -0.3 is 9.32 Å². The van der Waals surface area contributed by atoms with E-state index in [0.717, 1.165) is 54.5 Å². The first kappa shape index (κ1) is 21.1. The Labute approximate surface area is 191 Å². The Morgan fingerprint density at radius 2 is 1.88 bits per heavy atom. The molecule has 0 bridgehead atoms. The molecule has 7 heteroatoms. The van der Waals surface area contributed by atoms with E-state index in [0.29, 0.717) is 13.1 Å². The van der Waals surface area contributed by atoms with Crippen LogP contribution in [0.1, 0.15) is 46.4 Å². The van der Waals surface area contributed by atoms with Crippen LogP contribution >= 0.6 is 11.3 Å². The minimum absolute atomic E-state index is 0.0718. The molecule has 6 nitrogen and oxygen atoms in total. The number of carbonyl (C=O) groups excluding carboxylic acids is 2. The van der Waals surface area contributed by atoms with Crippen molar-refractivity contribution in [3.63, 3.8) is 0 Å². The highest BCUT2D eigenvalue weighted by atomic mass is 32.1. The molecule has 1 aromatic carbocycles. The lowest BCUT2D eigenvalue weighted by atomic mass is 10.0. The predicted molar refractivity (Wildman–Crippen MR) is 124 cm³/mol. The zero-order chi connectivity index (χ0) is 21.9. The molecule has 1 aliphatic heterocycles. The lowest BCUT2D eigenvalue weighted by Gasteiger charge is -2.34. The first-order valence-electron chi connectivity index (χ1n) is 11.3. The van der Waals surface area contributed by atoms with Crippen LogP contribution in [0.3, 0.4) is 0 Å². The number of amides is 1. The van der Waals surface area contributed by atoms with E-state index in [9.17, 15) is 9.59 Å². The van der Waals surface area contributed by atoms with Gasteiger partial charge in [-0.05, 0) is 48.6 Å². The normalized spacial score (nSPS) is 16.3. The SMILES string of the molecule is O=C(CCC(=O)N1CCN(Cc2csc(-c3ccco3)n2)CC1)c1ccc2c(c1)CCC2. The molecule has 0 radical (unpaired) electrons. The van der Waals surface area contributed by atoms with E-state index in [1.807, 2.05) is 29.2 Å². The summed E-state index contributed by atoms with van der Waals surface area (Å²) in [6.45, 7) is 3.80. The number of benzene rings is 1. The number of Topliss-reactive ketones (excluding diaryl/α,β-unsaturated/α-hetero) is 1. The van der Waals surface area contributed by atoms with Crippen molar-refractivity contribution in [2.45, 2.75) is 38.6 Å². The highest BCUT2D eigenvalue weighted by Crippen LogP contribution is 2.25. The summed E-state index contributed by atoms with van der Waals surface area (Å²) in [5, 5.41) is 2.96. The summed E-state index contributed by atoms with van der Waals surface area (Å²) in [5.41, 5.74) is 4.45. The van der Waals surface area contributed by atoms with Crippen LogP contribution in [0.2, 0.25) is 0 Å². The van der Waals surface area contributed by atoms with E-state index < -0.39 is 0 Å². The number of hydrogen-bond donors (Lipinski definition) is 0. The van der Waals surface area contributed by atoms with Crippen LogP contribution in [0.4, 0.5) is 0 Å². The highest BCUT2D eigenvalue weighted by molar-refractivity contribution is 7.13. The van der Waals surface area contributed by atoms with Gasteiger partial charge in [0, 0.05) is 56.5 Å². The van der Waals surface area contributed by atoms with Crippen LogP contribution in [0.15, 0.2) is 46.4 Å². The van der Waals surface area contributed by atoms with Crippen molar-refractivity contribution in [3.05, 3.63) is 64.4 Å². The zero-order valence-electron chi connectivity index (χ0n) is 18.1. The van der Waals surface area contributed by atoms with Crippen LogP contribution in [0, 0.1) is 0 Å². The lowest BCUT2D eigenvalue weighted by Crippen LogP contribution is -2.48. The smallest absolute Gasteiger partial charge is 0.223 e. The van der Waals surface area contributed by atoms with Crippen molar-refractivity contribution in [2.75, 3.05) is 26.2 Å². The zero-order valence-corrected chi connectivity index (χ0v) is 18.9. The van der Waals surface area contributed by atoms with E-state index >= 15 is 0 Å². The number of hydrogen-bond acceptors (Lipinski definition) is 6. The average Bonchev–Trinajstić information content (AvgIpc) is 3.58. The van der Waals surface area contributed by atoms with Crippen LogP contribution in [-0.2, 0) is 24.2 Å². The quantitative estimate of drug-likeness (QED) is 0.506. The Kier molecular flexibility index (Phi) is 6.19. The van der Waals surface area contributed by atoms with Gasteiger partial charge in [0.1, 0.15) is 0 Å². The third-order valence-electron chi connectivity index (χ3n) is 6.38. The molecule has 0 unspecified atom stereocenters. The summed E-state index contributed by atoms with van der Waals surface area (Å²) in [6.07, 6.45) is 5.57. The van der Waals surface area contributed by atoms with Gasteiger partial charge in [-0.25, -0.2) is 4.98 Å². The van der Waals surface area contributed by atoms with Gasteiger partial charge in [-0.2, -0.15) is 0 Å². The van der Waals surface area contributed by atoms with Gasteiger partial charge in [-0.3, -0.25) is 14.5 Å². The van der Waals surface area contributed by atoms with Gasteiger partial charge in [-0.15, -0.1) is 11.3 Å². The molecule has 5 rings (SSSR count). The number of thiazole rings is 1. The second kappa shape index (κ2) is 9.38. The first-order valence-corrected chi connectivity index (χ1v) is 12.2. The molecule has 3 aromatic rings. The molecule has 2 aromatic heterocycles. The fourth-order valence-corrected chi connectivity index (χ4v) is 5.32. The summed E-state index contributed by atoms with van der Waals surface area (Å²) in [5.74, 6) is 0.946.